The van der Waals surface area contributed by atoms with E-state index < -0.39 is 5.97 Å². The van der Waals surface area contributed by atoms with Gasteiger partial charge >= 0.3 is 5.97 Å². The Balaban J connectivity index is 2.07. The topological polar surface area (TPSA) is 37.3 Å². The molecule has 0 saturated heterocycles. The number of carbonyl (C=O) groups is 1. The number of rotatable bonds is 1. The van der Waals surface area contributed by atoms with Crippen molar-refractivity contribution in [2.75, 3.05) is 0 Å². The Labute approximate surface area is 93.1 Å². The summed E-state index contributed by atoms with van der Waals surface area (Å²) in [5.41, 5.74) is 1.84. The molecule has 0 amide bonds. The van der Waals surface area contributed by atoms with Crippen molar-refractivity contribution in [2.24, 2.45) is 5.92 Å². The SMILES string of the molecule is O=C(O)C1CC12CCCc1ccc(F)cc12. The summed E-state index contributed by atoms with van der Waals surface area (Å²) in [4.78, 5) is 11.0. The van der Waals surface area contributed by atoms with Crippen LogP contribution in [0, 0.1) is 11.7 Å². The molecule has 84 valence electrons. The van der Waals surface area contributed by atoms with E-state index >= 15 is 0 Å². The lowest BCUT2D eigenvalue weighted by molar-refractivity contribution is -0.139. The molecule has 1 N–H and O–H groups in total. The fraction of sp³-hybridized carbons (Fsp3) is 0.462. The van der Waals surface area contributed by atoms with Crippen LogP contribution < -0.4 is 0 Å². The zero-order valence-electron chi connectivity index (χ0n) is 8.87. The van der Waals surface area contributed by atoms with Crippen LogP contribution in [0.15, 0.2) is 18.2 Å². The first-order valence-electron chi connectivity index (χ1n) is 5.65. The molecule has 1 aromatic rings. The van der Waals surface area contributed by atoms with Gasteiger partial charge in [-0.05, 0) is 48.9 Å². The summed E-state index contributed by atoms with van der Waals surface area (Å²) < 4.78 is 13.2. The van der Waals surface area contributed by atoms with Crippen molar-refractivity contribution >= 4 is 5.97 Å². The van der Waals surface area contributed by atoms with Crippen LogP contribution in [0.5, 0.6) is 0 Å². The highest BCUT2D eigenvalue weighted by Gasteiger charge is 2.60. The monoisotopic (exact) mass is 220 g/mol. The van der Waals surface area contributed by atoms with Gasteiger partial charge in [0, 0.05) is 5.41 Å². The van der Waals surface area contributed by atoms with Gasteiger partial charge in [-0.2, -0.15) is 0 Å². The normalized spacial score (nSPS) is 31.2. The molecular formula is C13H13FO2. The zero-order valence-corrected chi connectivity index (χ0v) is 8.87. The van der Waals surface area contributed by atoms with Gasteiger partial charge < -0.3 is 5.11 Å². The fourth-order valence-electron chi connectivity index (χ4n) is 3.16. The van der Waals surface area contributed by atoms with Gasteiger partial charge in [-0.15, -0.1) is 0 Å². The summed E-state index contributed by atoms with van der Waals surface area (Å²) in [5.74, 6) is -1.29. The van der Waals surface area contributed by atoms with Gasteiger partial charge in [0.2, 0.25) is 0 Å². The van der Waals surface area contributed by atoms with Crippen LogP contribution in [0.25, 0.3) is 0 Å². The molecular weight excluding hydrogens is 207 g/mol. The predicted octanol–water partition coefficient (Wildman–Crippen LogP) is 2.50. The van der Waals surface area contributed by atoms with Crippen molar-refractivity contribution in [1.29, 1.82) is 0 Å². The average molecular weight is 220 g/mol. The lowest BCUT2D eigenvalue weighted by Gasteiger charge is -2.26. The second-order valence-electron chi connectivity index (χ2n) is 4.91. The van der Waals surface area contributed by atoms with Crippen molar-refractivity contribution in [3.8, 4) is 0 Å². The van der Waals surface area contributed by atoms with Crippen molar-refractivity contribution in [3.05, 3.63) is 35.1 Å². The minimum absolute atomic E-state index is 0.248. The van der Waals surface area contributed by atoms with E-state index in [4.69, 9.17) is 5.11 Å². The summed E-state index contributed by atoms with van der Waals surface area (Å²) in [6.07, 6.45) is 3.53. The number of halogens is 1. The van der Waals surface area contributed by atoms with E-state index in [1.54, 1.807) is 0 Å². The molecule has 2 aliphatic carbocycles. The number of carboxylic acid groups (broad SMARTS) is 1. The number of hydrogen-bond acceptors (Lipinski definition) is 1. The zero-order chi connectivity index (χ0) is 11.3. The average Bonchev–Trinajstić information content (AvgIpc) is 2.96. The van der Waals surface area contributed by atoms with Crippen LogP contribution in [0.1, 0.15) is 30.4 Å². The van der Waals surface area contributed by atoms with Crippen LogP contribution in [0.4, 0.5) is 4.39 Å². The summed E-state index contributed by atoms with van der Waals surface area (Å²) in [6, 6.07) is 4.82. The second kappa shape index (κ2) is 3.06. The summed E-state index contributed by atoms with van der Waals surface area (Å²) >= 11 is 0. The molecule has 1 fully saturated rings. The van der Waals surface area contributed by atoms with Crippen molar-refractivity contribution in [3.63, 3.8) is 0 Å². The quantitative estimate of drug-likeness (QED) is 0.789. The number of benzene rings is 1. The van der Waals surface area contributed by atoms with Crippen molar-refractivity contribution in [2.45, 2.75) is 31.1 Å². The Bertz CT molecular complexity index is 469. The molecule has 2 aliphatic rings. The summed E-state index contributed by atoms with van der Waals surface area (Å²) in [6.45, 7) is 0. The molecule has 2 nitrogen and oxygen atoms in total. The number of carboxylic acids is 1. The van der Waals surface area contributed by atoms with Gasteiger partial charge in [-0.1, -0.05) is 6.07 Å². The van der Waals surface area contributed by atoms with Gasteiger partial charge in [0.1, 0.15) is 5.82 Å². The molecule has 0 heterocycles. The minimum Gasteiger partial charge on any atom is -0.481 e. The van der Waals surface area contributed by atoms with E-state index in [2.05, 4.69) is 0 Å². The van der Waals surface area contributed by atoms with Crippen LogP contribution in [0.3, 0.4) is 0 Å². The van der Waals surface area contributed by atoms with E-state index in [-0.39, 0.29) is 17.2 Å². The van der Waals surface area contributed by atoms with E-state index in [1.807, 2.05) is 6.07 Å². The highest BCUT2D eigenvalue weighted by molar-refractivity contribution is 5.77. The number of hydrogen-bond donors (Lipinski definition) is 1. The molecule has 0 aliphatic heterocycles. The van der Waals surface area contributed by atoms with E-state index in [0.717, 1.165) is 30.4 Å². The van der Waals surface area contributed by atoms with E-state index in [0.29, 0.717) is 6.42 Å². The number of aryl methyl sites for hydroxylation is 1. The first-order valence-corrected chi connectivity index (χ1v) is 5.65. The minimum atomic E-state index is -0.739. The van der Waals surface area contributed by atoms with Crippen molar-refractivity contribution < 1.29 is 14.3 Å². The van der Waals surface area contributed by atoms with Gasteiger partial charge in [-0.25, -0.2) is 4.39 Å². The largest absolute Gasteiger partial charge is 0.481 e. The third-order valence-electron chi connectivity index (χ3n) is 4.05. The maximum atomic E-state index is 13.2. The number of fused-ring (bicyclic) bond motifs is 2. The third kappa shape index (κ3) is 1.20. The van der Waals surface area contributed by atoms with Crippen molar-refractivity contribution in [1.82, 2.24) is 0 Å². The van der Waals surface area contributed by atoms with Crippen LogP contribution in [-0.2, 0) is 16.6 Å². The lowest BCUT2D eigenvalue weighted by Crippen LogP contribution is -2.21. The first-order chi connectivity index (χ1) is 7.63. The van der Waals surface area contributed by atoms with E-state index in [9.17, 15) is 9.18 Å². The standard InChI is InChI=1S/C13H13FO2/c14-9-4-3-8-2-1-5-13(10(8)6-9)7-11(13)12(15)16/h3-4,6,11H,1-2,5,7H2,(H,15,16). The molecule has 2 atom stereocenters. The molecule has 3 rings (SSSR count). The van der Waals surface area contributed by atoms with Gasteiger partial charge in [0.15, 0.2) is 0 Å². The highest BCUT2D eigenvalue weighted by atomic mass is 19.1. The molecule has 1 saturated carbocycles. The molecule has 1 aromatic carbocycles. The maximum absolute atomic E-state index is 13.2. The number of aliphatic carboxylic acids is 1. The molecule has 0 radical (unpaired) electrons. The Morgan fingerprint density at radius 3 is 3.00 bits per heavy atom. The van der Waals surface area contributed by atoms with Crippen LogP contribution >= 0.6 is 0 Å². The van der Waals surface area contributed by atoms with Gasteiger partial charge in [0.05, 0.1) is 5.92 Å². The second-order valence-corrected chi connectivity index (χ2v) is 4.91. The molecule has 1 spiro atoms. The Kier molecular flexibility index (Phi) is 1.88. The van der Waals surface area contributed by atoms with Crippen LogP contribution in [-0.4, -0.2) is 11.1 Å². The summed E-state index contributed by atoms with van der Waals surface area (Å²) in [7, 11) is 0. The molecule has 16 heavy (non-hydrogen) atoms. The van der Waals surface area contributed by atoms with Crippen LogP contribution in [0.2, 0.25) is 0 Å². The first kappa shape index (κ1) is 9.82. The maximum Gasteiger partial charge on any atom is 0.307 e. The lowest BCUT2D eigenvalue weighted by atomic mass is 9.78. The van der Waals surface area contributed by atoms with Gasteiger partial charge in [0.25, 0.3) is 0 Å². The fourth-order valence-corrected chi connectivity index (χ4v) is 3.16. The Hall–Kier alpha value is -1.38. The summed E-state index contributed by atoms with van der Waals surface area (Å²) in [5, 5.41) is 9.07. The Morgan fingerprint density at radius 1 is 1.50 bits per heavy atom. The predicted molar refractivity (Wildman–Crippen MR) is 56.8 cm³/mol. The third-order valence-corrected chi connectivity index (χ3v) is 4.05. The molecule has 2 unspecified atom stereocenters. The molecule has 0 aromatic heterocycles. The molecule has 0 bridgehead atoms. The smallest absolute Gasteiger partial charge is 0.307 e. The van der Waals surface area contributed by atoms with E-state index in [1.165, 1.54) is 12.1 Å². The highest BCUT2D eigenvalue weighted by Crippen LogP contribution is 2.60. The Morgan fingerprint density at radius 2 is 2.31 bits per heavy atom. The molecule has 3 heteroatoms. The van der Waals surface area contributed by atoms with Gasteiger partial charge in [-0.3, -0.25) is 4.79 Å².